The first kappa shape index (κ1) is 16.6. The third-order valence-electron chi connectivity index (χ3n) is 4.15. The largest absolute Gasteiger partial charge is 0.497 e. The van der Waals surface area contributed by atoms with Gasteiger partial charge in [0.15, 0.2) is 0 Å². The number of benzene rings is 2. The second-order valence-corrected chi connectivity index (χ2v) is 5.67. The number of carbonyl (C=O) groups excluding carboxylic acids is 1. The molecule has 0 saturated carbocycles. The number of nitro benzene ring substituents is 1. The van der Waals surface area contributed by atoms with Crippen molar-refractivity contribution in [2.45, 2.75) is 19.4 Å². The summed E-state index contributed by atoms with van der Waals surface area (Å²) in [6.45, 7) is 1.40. The highest BCUT2D eigenvalue weighted by Crippen LogP contribution is 2.37. The topological polar surface area (TPSA) is 85.0 Å². The molecule has 1 aliphatic heterocycles. The molecule has 0 bridgehead atoms. The lowest BCUT2D eigenvalue weighted by Crippen LogP contribution is -2.24. The minimum absolute atomic E-state index is 0.00932. The zero-order valence-electron chi connectivity index (χ0n) is 13.9. The lowest BCUT2D eigenvalue weighted by molar-refractivity contribution is -0.385. The van der Waals surface area contributed by atoms with Gasteiger partial charge in [0.25, 0.3) is 5.69 Å². The van der Waals surface area contributed by atoms with Crippen LogP contribution in [0, 0.1) is 10.1 Å². The molecule has 7 heteroatoms. The third kappa shape index (κ3) is 3.21. The Morgan fingerprint density at radius 2 is 1.92 bits per heavy atom. The third-order valence-corrected chi connectivity index (χ3v) is 4.15. The number of hydrogen-bond acceptors (Lipinski definition) is 5. The number of rotatable bonds is 4. The van der Waals surface area contributed by atoms with E-state index in [-0.39, 0.29) is 11.6 Å². The number of nitrogens with zero attached hydrogens (tertiary/aromatic N) is 3. The van der Waals surface area contributed by atoms with Gasteiger partial charge >= 0.3 is 0 Å². The lowest BCUT2D eigenvalue weighted by Gasteiger charge is -2.20. The molecule has 0 saturated heterocycles. The molecule has 128 valence electrons. The first-order chi connectivity index (χ1) is 12.0. The van der Waals surface area contributed by atoms with Crippen molar-refractivity contribution in [3.05, 3.63) is 69.8 Å². The van der Waals surface area contributed by atoms with Crippen LogP contribution in [0.15, 0.2) is 53.6 Å². The fraction of sp³-hybridized carbons (Fsp3) is 0.222. The van der Waals surface area contributed by atoms with E-state index in [0.29, 0.717) is 17.7 Å². The maximum atomic E-state index is 12.0. The monoisotopic (exact) mass is 339 g/mol. The van der Waals surface area contributed by atoms with Crippen molar-refractivity contribution < 1.29 is 14.5 Å². The molecule has 0 spiro atoms. The molecule has 0 aliphatic carbocycles. The first-order valence-electron chi connectivity index (χ1n) is 7.76. The van der Waals surface area contributed by atoms with Crippen molar-refractivity contribution in [3.8, 4) is 5.75 Å². The Bertz CT molecular complexity index is 846. The molecule has 25 heavy (non-hydrogen) atoms. The van der Waals surface area contributed by atoms with E-state index in [1.54, 1.807) is 25.3 Å². The number of nitro groups is 1. The molecule has 0 N–H and O–H groups in total. The minimum Gasteiger partial charge on any atom is -0.497 e. The van der Waals surface area contributed by atoms with Gasteiger partial charge in [0, 0.05) is 19.4 Å². The highest BCUT2D eigenvalue weighted by Gasteiger charge is 2.35. The zero-order chi connectivity index (χ0) is 18.0. The van der Waals surface area contributed by atoms with Gasteiger partial charge in [-0.1, -0.05) is 12.1 Å². The molecular weight excluding hydrogens is 322 g/mol. The second kappa shape index (κ2) is 6.72. The van der Waals surface area contributed by atoms with Crippen LogP contribution < -0.4 is 4.74 Å². The highest BCUT2D eigenvalue weighted by molar-refractivity contribution is 6.03. The van der Waals surface area contributed by atoms with E-state index in [4.69, 9.17) is 4.74 Å². The normalized spacial score (nSPS) is 16.5. The van der Waals surface area contributed by atoms with Gasteiger partial charge in [-0.05, 0) is 35.9 Å². The number of amides is 1. The summed E-state index contributed by atoms with van der Waals surface area (Å²) in [5.41, 5.74) is 2.04. The number of methoxy groups -OCH3 is 1. The van der Waals surface area contributed by atoms with Crippen LogP contribution in [0.2, 0.25) is 0 Å². The van der Waals surface area contributed by atoms with Gasteiger partial charge in [0.1, 0.15) is 5.75 Å². The summed E-state index contributed by atoms with van der Waals surface area (Å²) in [5.74, 6) is 0.465. The lowest BCUT2D eigenvalue weighted by atomic mass is 9.97. The van der Waals surface area contributed by atoms with Crippen molar-refractivity contribution in [1.29, 1.82) is 0 Å². The van der Waals surface area contributed by atoms with Gasteiger partial charge < -0.3 is 4.74 Å². The average Bonchev–Trinajstić information content (AvgIpc) is 3.07. The molecule has 1 heterocycles. The summed E-state index contributed by atoms with van der Waals surface area (Å²) >= 11 is 0. The molecule has 0 radical (unpaired) electrons. The molecule has 1 amide bonds. The molecule has 2 aromatic carbocycles. The van der Waals surface area contributed by atoms with Crippen molar-refractivity contribution in [2.75, 3.05) is 7.11 Å². The maximum absolute atomic E-state index is 12.0. The SMILES string of the molecule is COc1ccc(C2=NN(C(C)=O)C(c3ccccc3[N+](=O)[O-])C2)cc1. The maximum Gasteiger partial charge on any atom is 0.274 e. The van der Waals surface area contributed by atoms with E-state index in [9.17, 15) is 14.9 Å². The fourth-order valence-corrected chi connectivity index (χ4v) is 2.94. The van der Waals surface area contributed by atoms with Crippen LogP contribution in [0.5, 0.6) is 5.75 Å². The van der Waals surface area contributed by atoms with Gasteiger partial charge in [-0.25, -0.2) is 5.01 Å². The van der Waals surface area contributed by atoms with Gasteiger partial charge in [0.05, 0.1) is 29.4 Å². The Labute approximate surface area is 144 Å². The molecule has 2 aromatic rings. The fourth-order valence-electron chi connectivity index (χ4n) is 2.94. The Balaban J connectivity index is 1.97. The number of hydrazone groups is 1. The zero-order valence-corrected chi connectivity index (χ0v) is 13.9. The van der Waals surface area contributed by atoms with E-state index in [1.165, 1.54) is 18.0 Å². The van der Waals surface area contributed by atoms with E-state index in [2.05, 4.69) is 5.10 Å². The van der Waals surface area contributed by atoms with Gasteiger partial charge in [0.2, 0.25) is 5.91 Å². The van der Waals surface area contributed by atoms with Crippen LogP contribution in [-0.2, 0) is 4.79 Å². The molecule has 0 aromatic heterocycles. The predicted molar refractivity (Wildman–Crippen MR) is 92.5 cm³/mol. The van der Waals surface area contributed by atoms with Gasteiger partial charge in [-0.2, -0.15) is 5.10 Å². The van der Waals surface area contributed by atoms with Crippen molar-refractivity contribution in [3.63, 3.8) is 0 Å². The number of carbonyl (C=O) groups is 1. The average molecular weight is 339 g/mol. The molecule has 7 nitrogen and oxygen atoms in total. The Hall–Kier alpha value is -3.22. The first-order valence-corrected chi connectivity index (χ1v) is 7.76. The van der Waals surface area contributed by atoms with Crippen molar-refractivity contribution in [1.82, 2.24) is 5.01 Å². The highest BCUT2D eigenvalue weighted by atomic mass is 16.6. The van der Waals surface area contributed by atoms with Gasteiger partial charge in [-0.3, -0.25) is 14.9 Å². The van der Waals surface area contributed by atoms with Crippen molar-refractivity contribution >= 4 is 17.3 Å². The summed E-state index contributed by atoms with van der Waals surface area (Å²) < 4.78 is 5.14. The predicted octanol–water partition coefficient (Wildman–Crippen LogP) is 3.30. The van der Waals surface area contributed by atoms with Crippen LogP contribution in [0.25, 0.3) is 0 Å². The van der Waals surface area contributed by atoms with Crippen LogP contribution in [0.3, 0.4) is 0 Å². The molecule has 1 atom stereocenters. The number of para-hydroxylation sites is 1. The van der Waals surface area contributed by atoms with E-state index in [0.717, 1.165) is 11.3 Å². The minimum atomic E-state index is -0.490. The standard InChI is InChI=1S/C18H17N3O4/c1-12(22)20-18(15-5-3-4-6-17(15)21(23)24)11-16(19-20)13-7-9-14(25-2)10-8-13/h3-10,18H,11H2,1-2H3. The molecule has 1 unspecified atom stereocenters. The van der Waals surface area contributed by atoms with Crippen LogP contribution >= 0.6 is 0 Å². The molecular formula is C18H17N3O4. The van der Waals surface area contributed by atoms with E-state index in [1.807, 2.05) is 24.3 Å². The number of ether oxygens (including phenoxy) is 1. The Morgan fingerprint density at radius 1 is 1.24 bits per heavy atom. The van der Waals surface area contributed by atoms with Crippen LogP contribution in [0.1, 0.15) is 30.5 Å². The second-order valence-electron chi connectivity index (χ2n) is 5.67. The van der Waals surface area contributed by atoms with Crippen molar-refractivity contribution in [2.24, 2.45) is 5.10 Å². The van der Waals surface area contributed by atoms with E-state index < -0.39 is 11.0 Å². The summed E-state index contributed by atoms with van der Waals surface area (Å²) in [6.07, 6.45) is 0.413. The van der Waals surface area contributed by atoms with E-state index >= 15 is 0 Å². The summed E-state index contributed by atoms with van der Waals surface area (Å²) in [4.78, 5) is 22.9. The summed E-state index contributed by atoms with van der Waals surface area (Å²) in [5, 5.41) is 17.1. The summed E-state index contributed by atoms with van der Waals surface area (Å²) in [7, 11) is 1.59. The molecule has 0 fully saturated rings. The van der Waals surface area contributed by atoms with Gasteiger partial charge in [-0.15, -0.1) is 0 Å². The number of hydrogen-bond donors (Lipinski definition) is 0. The Morgan fingerprint density at radius 3 is 2.52 bits per heavy atom. The smallest absolute Gasteiger partial charge is 0.274 e. The van der Waals surface area contributed by atoms with Crippen LogP contribution in [-0.4, -0.2) is 28.7 Å². The summed E-state index contributed by atoms with van der Waals surface area (Å²) in [6, 6.07) is 13.3. The molecule has 3 rings (SSSR count). The Kier molecular flexibility index (Phi) is 4.47. The molecule has 1 aliphatic rings. The van der Waals surface area contributed by atoms with Crippen LogP contribution in [0.4, 0.5) is 5.69 Å². The quantitative estimate of drug-likeness (QED) is 0.632.